The fraction of sp³-hybridized carbons (Fsp3) is 0.571. The van der Waals surface area contributed by atoms with E-state index >= 15 is 0 Å². The topological polar surface area (TPSA) is 32.7 Å². The molecular weight excluding hydrogens is 214 g/mol. The van der Waals surface area contributed by atoms with Crippen molar-refractivity contribution in [1.29, 1.82) is 0 Å². The van der Waals surface area contributed by atoms with Gasteiger partial charge in [-0.1, -0.05) is 6.07 Å². The average Bonchev–Trinajstić information content (AvgIpc) is 2.39. The van der Waals surface area contributed by atoms with Crippen LogP contribution in [0.15, 0.2) is 18.2 Å². The van der Waals surface area contributed by atoms with Crippen molar-refractivity contribution in [3.05, 3.63) is 29.3 Å². The van der Waals surface area contributed by atoms with Crippen molar-refractivity contribution in [3.63, 3.8) is 0 Å². The number of hydrogen-bond donors (Lipinski definition) is 1. The molecule has 0 radical (unpaired) electrons. The number of aryl methyl sites for hydroxylation is 1. The van der Waals surface area contributed by atoms with Gasteiger partial charge in [0.15, 0.2) is 0 Å². The highest BCUT2D eigenvalue weighted by atomic mass is 16.5. The predicted octanol–water partition coefficient (Wildman–Crippen LogP) is 2.10. The summed E-state index contributed by atoms with van der Waals surface area (Å²) < 4.78 is 5.42. The van der Waals surface area contributed by atoms with Gasteiger partial charge in [-0.15, -0.1) is 0 Å². The number of nitrogens with zero attached hydrogens (tertiary/aromatic N) is 1. The molecule has 1 saturated heterocycles. The molecule has 0 saturated carbocycles. The van der Waals surface area contributed by atoms with Crippen molar-refractivity contribution in [2.24, 2.45) is 0 Å². The lowest BCUT2D eigenvalue weighted by atomic mass is 9.86. The van der Waals surface area contributed by atoms with E-state index in [9.17, 15) is 5.11 Å². The van der Waals surface area contributed by atoms with E-state index in [4.69, 9.17) is 4.74 Å². The maximum Gasteiger partial charge on any atom is 0.115 e. The Kier molecular flexibility index (Phi) is 3.04. The van der Waals surface area contributed by atoms with Crippen molar-refractivity contribution in [1.82, 2.24) is 4.90 Å². The zero-order valence-corrected chi connectivity index (χ0v) is 10.1. The summed E-state index contributed by atoms with van der Waals surface area (Å²) in [6.45, 7) is 3.77. The Morgan fingerprint density at radius 3 is 2.88 bits per heavy atom. The Bertz CT molecular complexity index is 399. The first-order valence-corrected chi connectivity index (χ1v) is 6.48. The zero-order chi connectivity index (χ0) is 11.7. The maximum absolute atomic E-state index is 9.55. The molecule has 1 heterocycles. The first-order valence-electron chi connectivity index (χ1n) is 6.48. The number of phenolic OH excluding ortho intramolecular Hbond substituents is 1. The van der Waals surface area contributed by atoms with Crippen LogP contribution in [-0.4, -0.2) is 36.3 Å². The van der Waals surface area contributed by atoms with Crippen LogP contribution in [0.25, 0.3) is 0 Å². The quantitative estimate of drug-likeness (QED) is 0.806. The minimum Gasteiger partial charge on any atom is -0.508 e. The molecule has 0 aromatic heterocycles. The molecule has 1 aromatic rings. The molecule has 1 aliphatic carbocycles. The maximum atomic E-state index is 9.55. The van der Waals surface area contributed by atoms with E-state index < -0.39 is 0 Å². The van der Waals surface area contributed by atoms with Crippen LogP contribution in [0, 0.1) is 0 Å². The van der Waals surface area contributed by atoms with E-state index in [2.05, 4.69) is 11.0 Å². The normalized spacial score (nSPS) is 25.5. The van der Waals surface area contributed by atoms with E-state index in [1.807, 2.05) is 12.1 Å². The lowest BCUT2D eigenvalue weighted by Crippen LogP contribution is -2.40. The number of benzene rings is 1. The van der Waals surface area contributed by atoms with Crippen LogP contribution in [0.5, 0.6) is 5.75 Å². The lowest BCUT2D eigenvalue weighted by molar-refractivity contribution is 0.0124. The number of rotatable bonds is 1. The summed E-state index contributed by atoms with van der Waals surface area (Å²) in [5.74, 6) is 0.395. The summed E-state index contributed by atoms with van der Waals surface area (Å²) in [6, 6.07) is 6.38. The van der Waals surface area contributed by atoms with Gasteiger partial charge in [0.2, 0.25) is 0 Å². The van der Waals surface area contributed by atoms with E-state index in [1.54, 1.807) is 0 Å². The fourth-order valence-corrected chi connectivity index (χ4v) is 3.04. The highest BCUT2D eigenvalue weighted by Gasteiger charge is 2.27. The van der Waals surface area contributed by atoms with Crippen LogP contribution in [0.4, 0.5) is 0 Å². The van der Waals surface area contributed by atoms with Crippen molar-refractivity contribution >= 4 is 0 Å². The molecule has 2 aliphatic rings. The number of ether oxygens (including phenoxy) is 1. The van der Waals surface area contributed by atoms with Gasteiger partial charge in [-0.2, -0.15) is 0 Å². The standard InChI is InChI=1S/C14H19NO2/c16-12-4-5-13-11(10-12)2-1-3-14(13)15-6-8-17-9-7-15/h4-5,10,14,16H,1-3,6-9H2. The number of phenols is 1. The average molecular weight is 233 g/mol. The van der Waals surface area contributed by atoms with Gasteiger partial charge in [-0.3, -0.25) is 4.90 Å². The highest BCUT2D eigenvalue weighted by Crippen LogP contribution is 2.36. The first kappa shape index (κ1) is 11.1. The van der Waals surface area contributed by atoms with Crippen molar-refractivity contribution in [2.45, 2.75) is 25.3 Å². The molecule has 1 N–H and O–H groups in total. The molecule has 92 valence electrons. The highest BCUT2D eigenvalue weighted by molar-refractivity contribution is 5.38. The molecule has 0 bridgehead atoms. The van der Waals surface area contributed by atoms with E-state index in [0.717, 1.165) is 32.7 Å². The molecular formula is C14H19NO2. The van der Waals surface area contributed by atoms with Gasteiger partial charge in [0, 0.05) is 19.1 Å². The number of morpholine rings is 1. The fourth-order valence-electron chi connectivity index (χ4n) is 3.04. The van der Waals surface area contributed by atoms with Gasteiger partial charge in [-0.05, 0) is 42.5 Å². The molecule has 1 unspecified atom stereocenters. The van der Waals surface area contributed by atoms with Gasteiger partial charge >= 0.3 is 0 Å². The van der Waals surface area contributed by atoms with Crippen molar-refractivity contribution in [3.8, 4) is 5.75 Å². The van der Waals surface area contributed by atoms with Gasteiger partial charge in [0.05, 0.1) is 13.2 Å². The largest absolute Gasteiger partial charge is 0.508 e. The summed E-state index contributed by atoms with van der Waals surface area (Å²) in [5, 5.41) is 9.55. The second-order valence-electron chi connectivity index (χ2n) is 4.94. The third kappa shape index (κ3) is 2.17. The molecule has 17 heavy (non-hydrogen) atoms. The SMILES string of the molecule is Oc1ccc2c(c1)CCCC2N1CCOCC1. The van der Waals surface area contributed by atoms with Gasteiger partial charge < -0.3 is 9.84 Å². The molecule has 1 atom stereocenters. The van der Waals surface area contributed by atoms with Crippen LogP contribution in [-0.2, 0) is 11.2 Å². The number of fused-ring (bicyclic) bond motifs is 1. The monoisotopic (exact) mass is 233 g/mol. The Balaban J connectivity index is 1.88. The molecule has 3 rings (SSSR count). The zero-order valence-electron chi connectivity index (χ0n) is 10.1. The third-order valence-corrected chi connectivity index (χ3v) is 3.90. The molecule has 0 amide bonds. The summed E-state index contributed by atoms with van der Waals surface area (Å²) in [7, 11) is 0. The molecule has 3 heteroatoms. The molecule has 1 aromatic carbocycles. The van der Waals surface area contributed by atoms with E-state index in [-0.39, 0.29) is 0 Å². The summed E-state index contributed by atoms with van der Waals surface area (Å²) in [4.78, 5) is 2.53. The van der Waals surface area contributed by atoms with Crippen LogP contribution in [0.3, 0.4) is 0 Å². The Morgan fingerprint density at radius 2 is 2.06 bits per heavy atom. The predicted molar refractivity (Wildman–Crippen MR) is 66.2 cm³/mol. The first-order chi connectivity index (χ1) is 8.34. The minimum absolute atomic E-state index is 0.395. The number of aromatic hydroxyl groups is 1. The van der Waals surface area contributed by atoms with Crippen LogP contribution >= 0.6 is 0 Å². The summed E-state index contributed by atoms with van der Waals surface area (Å²) in [6.07, 6.45) is 3.56. The van der Waals surface area contributed by atoms with Crippen molar-refractivity contribution in [2.75, 3.05) is 26.3 Å². The van der Waals surface area contributed by atoms with Crippen LogP contribution in [0.1, 0.15) is 30.0 Å². The smallest absolute Gasteiger partial charge is 0.115 e. The van der Waals surface area contributed by atoms with Gasteiger partial charge in [0.25, 0.3) is 0 Å². The molecule has 1 aliphatic heterocycles. The van der Waals surface area contributed by atoms with E-state index in [0.29, 0.717) is 11.8 Å². The molecule has 1 fully saturated rings. The van der Waals surface area contributed by atoms with Gasteiger partial charge in [0.1, 0.15) is 5.75 Å². The number of hydrogen-bond acceptors (Lipinski definition) is 3. The summed E-state index contributed by atoms with van der Waals surface area (Å²) >= 11 is 0. The molecule has 3 nitrogen and oxygen atoms in total. The third-order valence-electron chi connectivity index (χ3n) is 3.90. The Morgan fingerprint density at radius 1 is 1.24 bits per heavy atom. The second kappa shape index (κ2) is 4.67. The Hall–Kier alpha value is -1.06. The minimum atomic E-state index is 0.395. The van der Waals surface area contributed by atoms with Gasteiger partial charge in [-0.25, -0.2) is 0 Å². The van der Waals surface area contributed by atoms with Crippen LogP contribution < -0.4 is 0 Å². The van der Waals surface area contributed by atoms with Crippen LogP contribution in [0.2, 0.25) is 0 Å². The lowest BCUT2D eigenvalue weighted by Gasteiger charge is -2.38. The Labute approximate surface area is 102 Å². The summed E-state index contributed by atoms with van der Waals surface area (Å²) in [5.41, 5.74) is 2.74. The van der Waals surface area contributed by atoms with Crippen molar-refractivity contribution < 1.29 is 9.84 Å². The van der Waals surface area contributed by atoms with E-state index in [1.165, 1.54) is 24.0 Å². The molecule has 0 spiro atoms. The second-order valence-corrected chi connectivity index (χ2v) is 4.94.